The van der Waals surface area contributed by atoms with Crippen molar-refractivity contribution in [2.45, 2.75) is 65.1 Å². The summed E-state index contributed by atoms with van der Waals surface area (Å²) in [7, 11) is 3.35. The maximum Gasteiger partial charge on any atom is 0.184 e. The third-order valence-electron chi connectivity index (χ3n) is 3.35. The molecule has 0 aromatic carbocycles. The zero-order chi connectivity index (χ0) is 14.1. The van der Waals surface area contributed by atoms with E-state index < -0.39 is 8.32 Å². The lowest BCUT2D eigenvalue weighted by atomic mass is 10.1. The van der Waals surface area contributed by atoms with Gasteiger partial charge in [0, 0.05) is 0 Å². The van der Waals surface area contributed by atoms with E-state index in [0.29, 0.717) is 0 Å². The van der Waals surface area contributed by atoms with Crippen molar-refractivity contribution in [3.63, 3.8) is 0 Å². The highest BCUT2D eigenvalue weighted by Crippen LogP contribution is 2.09. The fraction of sp³-hybridized carbons (Fsp3) is 1.00. The second kappa shape index (κ2) is 9.11. The van der Waals surface area contributed by atoms with Gasteiger partial charge in [-0.1, -0.05) is 32.6 Å². The summed E-state index contributed by atoms with van der Waals surface area (Å²) in [6, 6.07) is 0. The van der Waals surface area contributed by atoms with Crippen LogP contribution >= 0.6 is 0 Å². The van der Waals surface area contributed by atoms with Gasteiger partial charge in [0.05, 0.1) is 27.2 Å². The lowest BCUT2D eigenvalue weighted by Crippen LogP contribution is -2.44. The van der Waals surface area contributed by atoms with E-state index in [4.69, 9.17) is 4.43 Å². The number of hydrogen-bond acceptors (Lipinski definition) is 1. The zero-order valence-electron chi connectivity index (χ0n) is 13.7. The molecule has 0 aromatic heterocycles. The van der Waals surface area contributed by atoms with Gasteiger partial charge in [-0.3, -0.25) is 0 Å². The van der Waals surface area contributed by atoms with Gasteiger partial charge in [-0.05, 0) is 32.5 Å². The van der Waals surface area contributed by atoms with E-state index in [2.05, 4.69) is 40.7 Å². The molecular weight excluding hydrogens is 238 g/mol. The van der Waals surface area contributed by atoms with Crippen molar-refractivity contribution in [3.05, 3.63) is 0 Å². The zero-order valence-corrected chi connectivity index (χ0v) is 14.7. The fourth-order valence-corrected chi connectivity index (χ4v) is 2.73. The Morgan fingerprint density at radius 2 is 1.39 bits per heavy atom. The second-order valence-electron chi connectivity index (χ2n) is 7.11. The smallest absolute Gasteiger partial charge is 0.184 e. The summed E-state index contributed by atoms with van der Waals surface area (Å²) in [5.74, 6) is 0. The van der Waals surface area contributed by atoms with Crippen molar-refractivity contribution >= 4 is 8.32 Å². The molecule has 0 spiro atoms. The summed E-state index contributed by atoms with van der Waals surface area (Å²) in [5, 5.41) is 0. The molecule has 0 bridgehead atoms. The third kappa shape index (κ3) is 12.6. The molecule has 0 aliphatic rings. The summed E-state index contributed by atoms with van der Waals surface area (Å²) in [6.45, 7) is 12.4. The quantitative estimate of drug-likeness (QED) is 0.310. The molecular formula is C15H36NOSi+. The van der Waals surface area contributed by atoms with E-state index in [-0.39, 0.29) is 0 Å². The summed E-state index contributed by atoms with van der Waals surface area (Å²) in [4.78, 5) is 0. The van der Waals surface area contributed by atoms with Crippen molar-refractivity contribution < 1.29 is 8.91 Å². The molecule has 0 saturated carbocycles. The van der Waals surface area contributed by atoms with Crippen molar-refractivity contribution in [1.82, 2.24) is 0 Å². The molecule has 0 aromatic rings. The minimum atomic E-state index is -1.32. The number of quaternary nitrogens is 1. The standard InChI is InChI=1S/C15H36NOSi/c1-7-8-9-10-11-12-13-16(2,3)14-15-17-18(4,5)6/h7-15H2,1-6H3/q+1. The lowest BCUT2D eigenvalue weighted by Gasteiger charge is -2.31. The van der Waals surface area contributed by atoms with Crippen LogP contribution in [-0.2, 0) is 4.43 Å². The first-order valence-corrected chi connectivity index (χ1v) is 11.1. The van der Waals surface area contributed by atoms with Crippen molar-refractivity contribution in [3.8, 4) is 0 Å². The van der Waals surface area contributed by atoms with Gasteiger partial charge in [-0.25, -0.2) is 0 Å². The molecule has 3 heteroatoms. The SMILES string of the molecule is CCCCCCCC[N+](C)(C)CCO[Si](C)(C)C. The maximum atomic E-state index is 5.95. The molecule has 0 rings (SSSR count). The first-order valence-electron chi connectivity index (χ1n) is 7.73. The number of rotatable bonds is 11. The van der Waals surface area contributed by atoms with Crippen molar-refractivity contribution in [2.75, 3.05) is 33.8 Å². The summed E-state index contributed by atoms with van der Waals surface area (Å²) >= 11 is 0. The van der Waals surface area contributed by atoms with Gasteiger partial charge in [-0.2, -0.15) is 0 Å². The topological polar surface area (TPSA) is 9.23 Å². The van der Waals surface area contributed by atoms with Crippen molar-refractivity contribution in [1.29, 1.82) is 0 Å². The van der Waals surface area contributed by atoms with Crippen LogP contribution in [-0.4, -0.2) is 46.6 Å². The maximum absolute atomic E-state index is 5.95. The first kappa shape index (κ1) is 18.1. The van der Waals surface area contributed by atoms with E-state index in [0.717, 1.165) is 17.6 Å². The lowest BCUT2D eigenvalue weighted by molar-refractivity contribution is -0.890. The molecule has 0 amide bonds. The normalized spacial score (nSPS) is 13.0. The minimum absolute atomic E-state index is 0.929. The van der Waals surface area contributed by atoms with Crippen LogP contribution in [0.3, 0.4) is 0 Å². The Kier molecular flexibility index (Phi) is 9.18. The Morgan fingerprint density at radius 3 is 1.94 bits per heavy atom. The van der Waals surface area contributed by atoms with Gasteiger partial charge in [0.2, 0.25) is 0 Å². The van der Waals surface area contributed by atoms with Crippen molar-refractivity contribution in [2.24, 2.45) is 0 Å². The molecule has 0 atom stereocenters. The van der Waals surface area contributed by atoms with Gasteiger partial charge in [-0.15, -0.1) is 0 Å². The number of unbranched alkanes of at least 4 members (excludes halogenated alkanes) is 5. The highest BCUT2D eigenvalue weighted by atomic mass is 28.4. The van der Waals surface area contributed by atoms with Crippen LogP contribution in [0, 0.1) is 0 Å². The monoisotopic (exact) mass is 274 g/mol. The van der Waals surface area contributed by atoms with Gasteiger partial charge in [0.1, 0.15) is 6.54 Å². The summed E-state index contributed by atoms with van der Waals surface area (Å²) in [5.41, 5.74) is 0. The first-order chi connectivity index (χ1) is 8.27. The Balaban J connectivity index is 3.55. The molecule has 110 valence electrons. The largest absolute Gasteiger partial charge is 0.412 e. The third-order valence-corrected chi connectivity index (χ3v) is 4.42. The predicted molar refractivity (Wildman–Crippen MR) is 84.5 cm³/mol. The average Bonchev–Trinajstić information content (AvgIpc) is 2.21. The van der Waals surface area contributed by atoms with Gasteiger partial charge in [0.25, 0.3) is 0 Å². The molecule has 0 N–H and O–H groups in total. The van der Waals surface area contributed by atoms with E-state index in [9.17, 15) is 0 Å². The summed E-state index contributed by atoms with van der Waals surface area (Å²) < 4.78 is 7.06. The van der Waals surface area contributed by atoms with Crippen LogP contribution in [0.15, 0.2) is 0 Å². The molecule has 0 fully saturated rings. The highest BCUT2D eigenvalue weighted by molar-refractivity contribution is 6.69. The average molecular weight is 275 g/mol. The molecule has 0 saturated heterocycles. The minimum Gasteiger partial charge on any atom is -0.412 e. The Hall–Kier alpha value is 0.137. The van der Waals surface area contributed by atoms with Gasteiger partial charge < -0.3 is 8.91 Å². The number of nitrogens with zero attached hydrogens (tertiary/aromatic N) is 1. The summed E-state index contributed by atoms with van der Waals surface area (Å²) in [6.07, 6.45) is 8.35. The van der Waals surface area contributed by atoms with E-state index in [1.165, 1.54) is 45.1 Å². The van der Waals surface area contributed by atoms with Gasteiger partial charge >= 0.3 is 0 Å². The molecule has 0 aliphatic heterocycles. The van der Waals surface area contributed by atoms with Crippen LogP contribution in [0.1, 0.15) is 45.4 Å². The molecule has 0 unspecified atom stereocenters. The van der Waals surface area contributed by atoms with E-state index in [1.54, 1.807) is 0 Å². The molecule has 18 heavy (non-hydrogen) atoms. The predicted octanol–water partition coefficient (Wildman–Crippen LogP) is 4.27. The van der Waals surface area contributed by atoms with Crippen LogP contribution in [0.25, 0.3) is 0 Å². The van der Waals surface area contributed by atoms with Gasteiger partial charge in [0.15, 0.2) is 8.32 Å². The van der Waals surface area contributed by atoms with Crippen LogP contribution < -0.4 is 0 Å². The van der Waals surface area contributed by atoms with Crippen LogP contribution in [0.4, 0.5) is 0 Å². The molecule has 2 nitrogen and oxygen atoms in total. The number of hydrogen-bond donors (Lipinski definition) is 0. The Morgan fingerprint density at radius 1 is 0.833 bits per heavy atom. The van der Waals surface area contributed by atoms with E-state index >= 15 is 0 Å². The highest BCUT2D eigenvalue weighted by Gasteiger charge is 2.18. The molecule has 0 radical (unpaired) electrons. The molecule has 0 aliphatic carbocycles. The Bertz CT molecular complexity index is 199. The fourth-order valence-electron chi connectivity index (χ4n) is 2.03. The van der Waals surface area contributed by atoms with E-state index in [1.807, 2.05) is 0 Å². The van der Waals surface area contributed by atoms with Crippen LogP contribution in [0.2, 0.25) is 19.6 Å². The second-order valence-corrected chi connectivity index (χ2v) is 11.6. The van der Waals surface area contributed by atoms with Crippen LogP contribution in [0.5, 0.6) is 0 Å². The Labute approximate surface area is 116 Å². The molecule has 0 heterocycles. The number of likely N-dealkylation sites (N-methyl/N-ethyl adjacent to an activating group) is 1.